The van der Waals surface area contributed by atoms with Gasteiger partial charge in [-0.15, -0.1) is 0 Å². The van der Waals surface area contributed by atoms with Crippen LogP contribution in [-0.4, -0.2) is 52.9 Å². The summed E-state index contributed by atoms with van der Waals surface area (Å²) in [5.74, 6) is -4.72. The summed E-state index contributed by atoms with van der Waals surface area (Å²) in [5, 5.41) is 12.7. The first-order valence-electron chi connectivity index (χ1n) is 17.3. The highest BCUT2D eigenvalue weighted by molar-refractivity contribution is 6.36. The summed E-state index contributed by atoms with van der Waals surface area (Å²) in [4.78, 5) is 60.0. The van der Waals surface area contributed by atoms with Crippen LogP contribution in [0.4, 0.5) is 5.69 Å². The molecule has 2 aliphatic heterocycles. The molecule has 4 aliphatic rings. The molecule has 2 saturated heterocycles. The van der Waals surface area contributed by atoms with E-state index in [0.717, 1.165) is 16.1 Å². The van der Waals surface area contributed by atoms with Crippen LogP contribution >= 0.6 is 23.2 Å². The molecule has 1 saturated carbocycles. The summed E-state index contributed by atoms with van der Waals surface area (Å²) in [6.45, 7) is 0.138. The third kappa shape index (κ3) is 5.37. The molecule has 0 aromatic heterocycles. The molecule has 4 aromatic carbocycles. The highest BCUT2D eigenvalue weighted by Gasteiger charge is 2.70. The van der Waals surface area contributed by atoms with E-state index >= 15 is 4.79 Å². The lowest BCUT2D eigenvalue weighted by Crippen LogP contribution is -2.53. The van der Waals surface area contributed by atoms with Crippen molar-refractivity contribution in [2.75, 3.05) is 19.6 Å². The molecule has 0 radical (unpaired) electrons. The van der Waals surface area contributed by atoms with Crippen LogP contribution in [0.3, 0.4) is 0 Å². The number of carbonyl (C=O) groups excluding carboxylic acids is 4. The van der Waals surface area contributed by atoms with Gasteiger partial charge < -0.3 is 14.6 Å². The maximum absolute atomic E-state index is 15.4. The number of benzene rings is 4. The van der Waals surface area contributed by atoms with Crippen LogP contribution in [0.2, 0.25) is 10.0 Å². The van der Waals surface area contributed by atoms with Gasteiger partial charge in [-0.1, -0.05) is 83.4 Å². The Balaban J connectivity index is 1.31. The predicted molar refractivity (Wildman–Crippen MR) is 197 cm³/mol. The van der Waals surface area contributed by atoms with Gasteiger partial charge in [0.15, 0.2) is 11.5 Å². The third-order valence-corrected chi connectivity index (χ3v) is 11.9. The SMILES string of the molecule is COc1ccc(C23C(=O)N(Nc4ccc(Cl)cc4Cl)C(=O)C2CC2C(=CCC4C(=O)N(Cc5ccccc5)C(=O)C42)C3c2ccc(OC)c(O)c2)cc1. The number of anilines is 1. The fourth-order valence-electron chi connectivity index (χ4n) is 9.09. The van der Waals surface area contributed by atoms with Gasteiger partial charge in [-0.2, -0.15) is 5.01 Å². The Kier molecular flexibility index (Phi) is 8.70. The second kappa shape index (κ2) is 13.3. The van der Waals surface area contributed by atoms with Crippen LogP contribution in [0, 0.1) is 23.7 Å². The van der Waals surface area contributed by atoms with Crippen molar-refractivity contribution < 1.29 is 33.8 Å². The van der Waals surface area contributed by atoms with Crippen molar-refractivity contribution >= 4 is 52.5 Å². The number of nitrogens with zero attached hydrogens (tertiary/aromatic N) is 2. The minimum absolute atomic E-state index is 0.118. The van der Waals surface area contributed by atoms with Gasteiger partial charge in [-0.3, -0.25) is 29.5 Å². The summed E-state index contributed by atoms with van der Waals surface area (Å²) >= 11 is 12.7. The number of hydrogen-bond donors (Lipinski definition) is 2. The van der Waals surface area contributed by atoms with Crippen molar-refractivity contribution in [2.45, 2.75) is 30.7 Å². The van der Waals surface area contributed by atoms with Crippen molar-refractivity contribution in [3.05, 3.63) is 129 Å². The average Bonchev–Trinajstić information content (AvgIpc) is 3.53. The Bertz CT molecular complexity index is 2190. The molecule has 270 valence electrons. The number of likely N-dealkylation sites (tertiary alicyclic amines) is 1. The number of fused-ring (bicyclic) bond motifs is 4. The molecule has 0 spiro atoms. The lowest BCUT2D eigenvalue weighted by Gasteiger charge is -2.50. The topological polar surface area (TPSA) is 125 Å². The molecule has 2 aliphatic carbocycles. The number of halogens is 2. The normalized spacial score (nSPS) is 26.2. The summed E-state index contributed by atoms with van der Waals surface area (Å²) in [7, 11) is 2.98. The number of nitrogens with one attached hydrogen (secondary N) is 1. The number of ether oxygens (including phenoxy) is 2. The van der Waals surface area contributed by atoms with E-state index in [1.165, 1.54) is 18.1 Å². The number of phenolic OH excluding ortho intramolecular Hbond substituents is 1. The largest absolute Gasteiger partial charge is 0.504 e. The molecule has 6 atom stereocenters. The van der Waals surface area contributed by atoms with E-state index in [2.05, 4.69) is 5.43 Å². The molecule has 53 heavy (non-hydrogen) atoms. The third-order valence-electron chi connectivity index (χ3n) is 11.4. The highest BCUT2D eigenvalue weighted by atomic mass is 35.5. The zero-order valence-electron chi connectivity index (χ0n) is 28.8. The van der Waals surface area contributed by atoms with Crippen molar-refractivity contribution in [3.63, 3.8) is 0 Å². The van der Waals surface area contributed by atoms with Crippen LogP contribution in [0.15, 0.2) is 103 Å². The molecule has 3 fully saturated rings. The van der Waals surface area contributed by atoms with Crippen LogP contribution in [0.1, 0.15) is 35.4 Å². The van der Waals surface area contributed by atoms with Crippen LogP contribution < -0.4 is 14.9 Å². The standard InChI is InChI=1S/C41H35Cl2N3O7/c1-52-26-12-9-24(10-13-26)41-30(38(49)46(40(41)51)44-32-16-11-25(42)19-31(32)43)20-29-27(36(41)23-8-17-34(53-2)33(47)18-23)14-15-28-35(29)39(50)45(37(28)48)21-22-6-4-3-5-7-22/h3-14,16-19,28-30,35-36,44,47H,15,20-21H2,1-2H3. The van der Waals surface area contributed by atoms with E-state index in [1.807, 2.05) is 36.4 Å². The minimum atomic E-state index is -1.55. The monoisotopic (exact) mass is 751 g/mol. The molecule has 4 aromatic rings. The Labute approximate surface area is 315 Å². The Hall–Kier alpha value is -5.32. The fourth-order valence-corrected chi connectivity index (χ4v) is 9.54. The number of imide groups is 2. The quantitative estimate of drug-likeness (QED) is 0.147. The van der Waals surface area contributed by atoms with Crippen LogP contribution in [-0.2, 0) is 31.1 Å². The van der Waals surface area contributed by atoms with Gasteiger partial charge >= 0.3 is 0 Å². The molecule has 2 heterocycles. The molecular formula is C41H35Cl2N3O7. The van der Waals surface area contributed by atoms with Crippen molar-refractivity contribution in [2.24, 2.45) is 23.7 Å². The van der Waals surface area contributed by atoms with Gasteiger partial charge in [-0.25, -0.2) is 0 Å². The summed E-state index contributed by atoms with van der Waals surface area (Å²) in [6, 6.07) is 26.0. The second-order valence-corrected chi connectivity index (χ2v) is 14.7. The van der Waals surface area contributed by atoms with Gasteiger partial charge in [0.1, 0.15) is 5.75 Å². The van der Waals surface area contributed by atoms with E-state index in [0.29, 0.717) is 27.6 Å². The van der Waals surface area contributed by atoms with Crippen molar-refractivity contribution in [1.29, 1.82) is 0 Å². The number of carbonyl (C=O) groups is 4. The van der Waals surface area contributed by atoms with E-state index in [1.54, 1.807) is 61.7 Å². The molecule has 8 rings (SSSR count). The number of aromatic hydroxyl groups is 1. The molecule has 12 heteroatoms. The lowest BCUT2D eigenvalue weighted by molar-refractivity contribution is -0.142. The Morgan fingerprint density at radius 3 is 2.28 bits per heavy atom. The number of hydrogen-bond acceptors (Lipinski definition) is 8. The van der Waals surface area contributed by atoms with E-state index < -0.39 is 46.8 Å². The molecule has 10 nitrogen and oxygen atoms in total. The zero-order chi connectivity index (χ0) is 37.2. The van der Waals surface area contributed by atoms with Crippen molar-refractivity contribution in [3.8, 4) is 17.2 Å². The lowest BCUT2D eigenvalue weighted by atomic mass is 9.49. The number of rotatable bonds is 8. The summed E-state index contributed by atoms with van der Waals surface area (Å²) < 4.78 is 10.8. The fraction of sp³-hybridized carbons (Fsp3) is 0.268. The molecular weight excluding hydrogens is 717 g/mol. The number of amides is 4. The van der Waals surface area contributed by atoms with E-state index in [9.17, 15) is 19.5 Å². The number of allylic oxidation sites excluding steroid dienone is 2. The van der Waals surface area contributed by atoms with Crippen molar-refractivity contribution in [1.82, 2.24) is 9.91 Å². The van der Waals surface area contributed by atoms with Gasteiger partial charge in [0.2, 0.25) is 11.8 Å². The van der Waals surface area contributed by atoms with Gasteiger partial charge in [0, 0.05) is 10.9 Å². The Morgan fingerprint density at radius 1 is 0.849 bits per heavy atom. The summed E-state index contributed by atoms with van der Waals surface area (Å²) in [5.41, 5.74) is 4.42. The summed E-state index contributed by atoms with van der Waals surface area (Å²) in [6.07, 6.45) is 2.37. The van der Waals surface area contributed by atoms with Gasteiger partial charge in [-0.05, 0) is 77.9 Å². The first-order valence-corrected chi connectivity index (χ1v) is 18.0. The zero-order valence-corrected chi connectivity index (χ0v) is 30.3. The maximum atomic E-state index is 15.4. The van der Waals surface area contributed by atoms with Crippen LogP contribution in [0.25, 0.3) is 0 Å². The van der Waals surface area contributed by atoms with E-state index in [-0.39, 0.29) is 47.7 Å². The Morgan fingerprint density at radius 2 is 1.60 bits per heavy atom. The predicted octanol–water partition coefficient (Wildman–Crippen LogP) is 6.90. The first-order chi connectivity index (χ1) is 25.6. The smallest absolute Gasteiger partial charge is 0.260 e. The number of hydrazine groups is 1. The number of phenols is 1. The minimum Gasteiger partial charge on any atom is -0.504 e. The average molecular weight is 753 g/mol. The van der Waals surface area contributed by atoms with E-state index in [4.69, 9.17) is 32.7 Å². The first kappa shape index (κ1) is 34.7. The molecule has 4 amide bonds. The van der Waals surface area contributed by atoms with Gasteiger partial charge in [0.25, 0.3) is 11.8 Å². The number of methoxy groups -OCH3 is 2. The van der Waals surface area contributed by atoms with Crippen LogP contribution in [0.5, 0.6) is 17.2 Å². The molecule has 2 N–H and O–H groups in total. The van der Waals surface area contributed by atoms with Gasteiger partial charge in [0.05, 0.1) is 54.6 Å². The molecule has 6 unspecified atom stereocenters. The molecule has 0 bridgehead atoms. The second-order valence-electron chi connectivity index (χ2n) is 13.9. The maximum Gasteiger partial charge on any atom is 0.260 e. The highest BCUT2D eigenvalue weighted by Crippen LogP contribution is 2.64.